The zero-order valence-electron chi connectivity index (χ0n) is 13.6. The number of aromatic nitrogens is 1. The van der Waals surface area contributed by atoms with E-state index in [1.54, 1.807) is 0 Å². The van der Waals surface area contributed by atoms with Crippen LogP contribution < -0.4 is 5.32 Å². The summed E-state index contributed by atoms with van der Waals surface area (Å²) in [5.74, 6) is 0.873. The van der Waals surface area contributed by atoms with Gasteiger partial charge in [-0.05, 0) is 42.0 Å². The summed E-state index contributed by atoms with van der Waals surface area (Å²) >= 11 is 0. The predicted octanol–water partition coefficient (Wildman–Crippen LogP) is 5.30. The first-order valence-electron chi connectivity index (χ1n) is 7.27. The number of allylic oxidation sites excluding steroid dienone is 1. The fourth-order valence-corrected chi connectivity index (χ4v) is 2.23. The molecule has 0 saturated heterocycles. The first kappa shape index (κ1) is 15.3. The lowest BCUT2D eigenvalue weighted by molar-refractivity contribution is 0.590. The van der Waals surface area contributed by atoms with Gasteiger partial charge in [0.15, 0.2) is 0 Å². The molecule has 0 amide bonds. The second-order valence-electron chi connectivity index (χ2n) is 6.62. The summed E-state index contributed by atoms with van der Waals surface area (Å²) in [6.07, 6.45) is 1.91. The molecule has 0 bridgehead atoms. The van der Waals surface area contributed by atoms with Gasteiger partial charge in [0.25, 0.3) is 0 Å². The third-order valence-corrected chi connectivity index (χ3v) is 3.49. The molecule has 1 aromatic carbocycles. The lowest BCUT2D eigenvalue weighted by atomic mass is 9.86. The topological polar surface area (TPSA) is 24.9 Å². The molecule has 0 radical (unpaired) electrons. The molecule has 0 atom stereocenters. The van der Waals surface area contributed by atoms with E-state index < -0.39 is 0 Å². The van der Waals surface area contributed by atoms with Crippen LogP contribution >= 0.6 is 0 Å². The van der Waals surface area contributed by atoms with Crippen LogP contribution in [0.25, 0.3) is 11.1 Å². The van der Waals surface area contributed by atoms with Crippen molar-refractivity contribution in [3.8, 4) is 11.1 Å². The smallest absolute Gasteiger partial charge is 0.132 e. The van der Waals surface area contributed by atoms with E-state index in [1.165, 1.54) is 11.1 Å². The van der Waals surface area contributed by atoms with Crippen molar-refractivity contribution in [3.63, 3.8) is 0 Å². The van der Waals surface area contributed by atoms with E-state index in [1.807, 2.05) is 13.1 Å². The number of nitrogens with one attached hydrogen (secondary N) is 1. The molecular weight excluding hydrogens is 256 g/mol. The zero-order valence-corrected chi connectivity index (χ0v) is 13.6. The van der Waals surface area contributed by atoms with Crippen LogP contribution in [-0.2, 0) is 5.41 Å². The van der Waals surface area contributed by atoms with Crippen molar-refractivity contribution in [2.24, 2.45) is 0 Å². The molecule has 0 fully saturated rings. The normalized spacial score (nSPS) is 11.3. The van der Waals surface area contributed by atoms with E-state index in [4.69, 9.17) is 0 Å². The van der Waals surface area contributed by atoms with Crippen LogP contribution in [0.15, 0.2) is 48.8 Å². The Balaban J connectivity index is 2.30. The lowest BCUT2D eigenvalue weighted by Crippen LogP contribution is -2.10. The highest BCUT2D eigenvalue weighted by Gasteiger charge is 2.13. The minimum Gasteiger partial charge on any atom is -0.344 e. The molecule has 110 valence electrons. The first-order valence-corrected chi connectivity index (χ1v) is 7.27. The minimum absolute atomic E-state index is 0.183. The van der Waals surface area contributed by atoms with Crippen LogP contribution in [0.3, 0.4) is 0 Å². The highest BCUT2D eigenvalue weighted by molar-refractivity contribution is 5.66. The molecule has 2 nitrogen and oxygen atoms in total. The Morgan fingerprint density at radius 1 is 1.10 bits per heavy atom. The third kappa shape index (κ3) is 3.72. The molecule has 2 rings (SSSR count). The van der Waals surface area contributed by atoms with Crippen molar-refractivity contribution in [1.82, 2.24) is 4.98 Å². The summed E-state index contributed by atoms with van der Waals surface area (Å²) in [6.45, 7) is 14.5. The summed E-state index contributed by atoms with van der Waals surface area (Å²) in [4.78, 5) is 4.49. The van der Waals surface area contributed by atoms with Gasteiger partial charge in [0.05, 0.1) is 0 Å². The van der Waals surface area contributed by atoms with Gasteiger partial charge in [-0.1, -0.05) is 51.6 Å². The Morgan fingerprint density at radius 2 is 1.71 bits per heavy atom. The van der Waals surface area contributed by atoms with E-state index >= 15 is 0 Å². The summed E-state index contributed by atoms with van der Waals surface area (Å²) in [6, 6.07) is 10.9. The monoisotopic (exact) mass is 280 g/mol. The summed E-state index contributed by atoms with van der Waals surface area (Å²) in [5, 5.41) is 3.18. The Labute approximate surface area is 127 Å². The number of benzene rings is 1. The van der Waals surface area contributed by atoms with Crippen LogP contribution in [0.2, 0.25) is 0 Å². The third-order valence-electron chi connectivity index (χ3n) is 3.49. The van der Waals surface area contributed by atoms with E-state index in [9.17, 15) is 0 Å². The van der Waals surface area contributed by atoms with Crippen molar-refractivity contribution in [2.45, 2.75) is 40.0 Å². The number of aryl methyl sites for hydroxylation is 1. The SMILES string of the molecule is C=C(C)Nc1ncc(-c2ccc(C(C)(C)C)cc2)cc1C. The largest absolute Gasteiger partial charge is 0.344 e. The Morgan fingerprint density at radius 3 is 2.19 bits per heavy atom. The number of rotatable bonds is 3. The van der Waals surface area contributed by atoms with E-state index in [0.717, 1.165) is 22.6 Å². The maximum atomic E-state index is 4.49. The molecule has 21 heavy (non-hydrogen) atoms. The number of hydrogen-bond donors (Lipinski definition) is 1. The molecule has 0 unspecified atom stereocenters. The van der Waals surface area contributed by atoms with Gasteiger partial charge >= 0.3 is 0 Å². The van der Waals surface area contributed by atoms with E-state index in [-0.39, 0.29) is 5.41 Å². The average Bonchev–Trinajstić information content (AvgIpc) is 2.40. The maximum absolute atomic E-state index is 4.49. The average molecular weight is 280 g/mol. The van der Waals surface area contributed by atoms with Crippen molar-refractivity contribution >= 4 is 5.82 Å². The van der Waals surface area contributed by atoms with Crippen molar-refractivity contribution in [2.75, 3.05) is 5.32 Å². The fraction of sp³-hybridized carbons (Fsp3) is 0.316. The van der Waals surface area contributed by atoms with Crippen molar-refractivity contribution in [3.05, 3.63) is 59.9 Å². The molecule has 0 aliphatic heterocycles. The molecular formula is C19H24N2. The molecule has 0 aliphatic rings. The standard InChI is InChI=1S/C19H24N2/c1-13(2)21-18-14(3)11-16(12-20-18)15-7-9-17(10-8-15)19(4,5)6/h7-12H,1H2,2-6H3,(H,20,21). The van der Waals surface area contributed by atoms with Crippen LogP contribution in [0.5, 0.6) is 0 Å². The molecule has 1 heterocycles. The number of hydrogen-bond acceptors (Lipinski definition) is 2. The van der Waals surface area contributed by atoms with Crippen LogP contribution in [0.4, 0.5) is 5.82 Å². The van der Waals surface area contributed by atoms with Crippen LogP contribution in [-0.4, -0.2) is 4.98 Å². The van der Waals surface area contributed by atoms with E-state index in [2.05, 4.69) is 74.9 Å². The quantitative estimate of drug-likeness (QED) is 0.825. The number of pyridine rings is 1. The number of nitrogens with zero attached hydrogens (tertiary/aromatic N) is 1. The molecule has 0 saturated carbocycles. The number of anilines is 1. The molecule has 0 spiro atoms. The van der Waals surface area contributed by atoms with Crippen molar-refractivity contribution in [1.29, 1.82) is 0 Å². The predicted molar refractivity (Wildman–Crippen MR) is 91.5 cm³/mol. The van der Waals surface area contributed by atoms with Gasteiger partial charge in [0.1, 0.15) is 5.82 Å². The van der Waals surface area contributed by atoms with Crippen molar-refractivity contribution < 1.29 is 0 Å². The fourth-order valence-electron chi connectivity index (χ4n) is 2.23. The van der Waals surface area contributed by atoms with Gasteiger partial charge in [0, 0.05) is 17.5 Å². The maximum Gasteiger partial charge on any atom is 0.132 e. The van der Waals surface area contributed by atoms with Gasteiger partial charge in [-0.3, -0.25) is 0 Å². The molecule has 0 aliphatic carbocycles. The first-order chi connectivity index (χ1) is 9.77. The Kier molecular flexibility index (Phi) is 4.17. The molecule has 1 N–H and O–H groups in total. The van der Waals surface area contributed by atoms with Gasteiger partial charge in [-0.15, -0.1) is 0 Å². The minimum atomic E-state index is 0.183. The second-order valence-corrected chi connectivity index (χ2v) is 6.62. The van der Waals surface area contributed by atoms with Crippen LogP contribution in [0.1, 0.15) is 38.8 Å². The second kappa shape index (κ2) is 5.72. The summed E-state index contributed by atoms with van der Waals surface area (Å²) in [5.41, 5.74) is 5.88. The summed E-state index contributed by atoms with van der Waals surface area (Å²) in [7, 11) is 0. The van der Waals surface area contributed by atoms with Gasteiger partial charge in [-0.25, -0.2) is 4.98 Å². The van der Waals surface area contributed by atoms with E-state index in [0.29, 0.717) is 0 Å². The highest BCUT2D eigenvalue weighted by atomic mass is 15.0. The van der Waals surface area contributed by atoms with Crippen LogP contribution in [0, 0.1) is 6.92 Å². The molecule has 2 heteroatoms. The zero-order chi connectivity index (χ0) is 15.6. The Bertz CT molecular complexity index is 646. The molecule has 2 aromatic rings. The van der Waals surface area contributed by atoms with Gasteiger partial charge in [-0.2, -0.15) is 0 Å². The highest BCUT2D eigenvalue weighted by Crippen LogP contribution is 2.27. The Hall–Kier alpha value is -2.09. The van der Waals surface area contributed by atoms with Gasteiger partial charge < -0.3 is 5.32 Å². The molecule has 1 aromatic heterocycles. The lowest BCUT2D eigenvalue weighted by Gasteiger charge is -2.19. The van der Waals surface area contributed by atoms with Gasteiger partial charge in [0.2, 0.25) is 0 Å². The summed E-state index contributed by atoms with van der Waals surface area (Å²) < 4.78 is 0.